The van der Waals surface area contributed by atoms with E-state index in [4.69, 9.17) is 5.73 Å². The maximum Gasteiger partial charge on any atom is 0.0960 e. The number of nitrogens with two attached hydrogens (primary N) is 1. The Morgan fingerprint density at radius 3 is 2.86 bits per heavy atom. The van der Waals surface area contributed by atoms with Crippen LogP contribution in [0.2, 0.25) is 0 Å². The van der Waals surface area contributed by atoms with Gasteiger partial charge in [0, 0.05) is 6.20 Å². The van der Waals surface area contributed by atoms with Crippen molar-refractivity contribution in [1.82, 2.24) is 4.98 Å². The number of hydrogen-bond donors (Lipinski definition) is 1. The molecule has 1 aromatic rings. The van der Waals surface area contributed by atoms with Crippen LogP contribution in [0, 0.1) is 0 Å². The molecule has 0 aliphatic heterocycles. The summed E-state index contributed by atoms with van der Waals surface area (Å²) < 4.78 is 0. The molecule has 0 radical (unpaired) electrons. The normalized spacial score (nSPS) is 10.4. The highest BCUT2D eigenvalue weighted by atomic mass is 32.2. The molecular formula is C11H18N2S. The zero-order chi connectivity index (χ0) is 10.2. The van der Waals surface area contributed by atoms with Crippen LogP contribution in [0.5, 0.6) is 0 Å². The van der Waals surface area contributed by atoms with Gasteiger partial charge in [-0.25, -0.2) is 4.98 Å². The van der Waals surface area contributed by atoms with Gasteiger partial charge in [-0.15, -0.1) is 11.8 Å². The molecule has 0 fully saturated rings. The first-order valence-corrected chi connectivity index (χ1v) is 6.13. The number of nitrogens with zero attached hydrogens (tertiary/aromatic N) is 1. The highest BCUT2D eigenvalue weighted by molar-refractivity contribution is 7.99. The number of unbranched alkanes of at least 4 members (excludes halogenated alkanes) is 1. The fourth-order valence-corrected chi connectivity index (χ4v) is 2.07. The van der Waals surface area contributed by atoms with E-state index < -0.39 is 0 Å². The maximum absolute atomic E-state index is 5.46. The van der Waals surface area contributed by atoms with Crippen molar-refractivity contribution in [3.05, 3.63) is 23.9 Å². The summed E-state index contributed by atoms with van der Waals surface area (Å²) in [4.78, 5) is 4.38. The minimum absolute atomic E-state index is 0.698. The Morgan fingerprint density at radius 2 is 2.29 bits per heavy atom. The first kappa shape index (κ1) is 11.5. The highest BCUT2D eigenvalue weighted by Gasteiger charge is 1.96. The van der Waals surface area contributed by atoms with Crippen LogP contribution in [0.3, 0.4) is 0 Å². The third-order valence-electron chi connectivity index (χ3n) is 1.98. The monoisotopic (exact) mass is 210 g/mol. The average Bonchev–Trinajstić information content (AvgIpc) is 2.21. The van der Waals surface area contributed by atoms with Crippen LogP contribution in [0.25, 0.3) is 0 Å². The molecule has 2 N–H and O–H groups in total. The van der Waals surface area contributed by atoms with Crippen molar-refractivity contribution in [3.63, 3.8) is 0 Å². The van der Waals surface area contributed by atoms with E-state index >= 15 is 0 Å². The molecule has 0 aliphatic rings. The summed E-state index contributed by atoms with van der Waals surface area (Å²) in [5.74, 6) is 1.17. The van der Waals surface area contributed by atoms with E-state index in [2.05, 4.69) is 24.0 Å². The first-order chi connectivity index (χ1) is 6.86. The summed E-state index contributed by atoms with van der Waals surface area (Å²) in [6, 6.07) is 4.21. The Bertz CT molecular complexity index is 246. The second-order valence-electron chi connectivity index (χ2n) is 3.25. The summed E-state index contributed by atoms with van der Waals surface area (Å²) in [5, 5.41) is 1.12. The summed E-state index contributed by atoms with van der Waals surface area (Å²) in [6.07, 6.45) is 5.36. The molecule has 2 nitrogen and oxygen atoms in total. The zero-order valence-electron chi connectivity index (χ0n) is 8.70. The van der Waals surface area contributed by atoms with Crippen molar-refractivity contribution in [2.75, 3.05) is 12.3 Å². The van der Waals surface area contributed by atoms with Gasteiger partial charge in [-0.05, 0) is 36.8 Å². The molecule has 1 rings (SSSR count). The number of thioether (sulfide) groups is 1. The molecule has 0 unspecified atom stereocenters. The number of hydrogen-bond acceptors (Lipinski definition) is 3. The van der Waals surface area contributed by atoms with E-state index in [1.54, 1.807) is 0 Å². The second kappa shape index (κ2) is 6.85. The predicted octanol–water partition coefficient (Wildman–Crippen LogP) is 2.47. The Hall–Kier alpha value is -0.540. The van der Waals surface area contributed by atoms with Gasteiger partial charge in [0.2, 0.25) is 0 Å². The van der Waals surface area contributed by atoms with Crippen LogP contribution in [0.4, 0.5) is 0 Å². The molecular weight excluding hydrogens is 192 g/mol. The Balaban J connectivity index is 2.38. The number of rotatable bonds is 6. The van der Waals surface area contributed by atoms with Crippen molar-refractivity contribution < 1.29 is 0 Å². The second-order valence-corrected chi connectivity index (χ2v) is 4.36. The lowest BCUT2D eigenvalue weighted by atomic mass is 10.2. The standard InChI is InChI=1S/C11H18N2S/c1-2-3-8-14-11-5-4-10(6-7-12)9-13-11/h4-5,9H,2-3,6-8,12H2,1H3. The maximum atomic E-state index is 5.46. The lowest BCUT2D eigenvalue weighted by Gasteiger charge is -2.01. The van der Waals surface area contributed by atoms with Gasteiger partial charge in [0.15, 0.2) is 0 Å². The van der Waals surface area contributed by atoms with Crippen LogP contribution in [-0.2, 0) is 6.42 Å². The zero-order valence-corrected chi connectivity index (χ0v) is 9.52. The molecule has 0 atom stereocenters. The van der Waals surface area contributed by atoms with Gasteiger partial charge < -0.3 is 5.73 Å². The number of pyridine rings is 1. The molecule has 1 heterocycles. The van der Waals surface area contributed by atoms with Crippen molar-refractivity contribution in [2.24, 2.45) is 5.73 Å². The van der Waals surface area contributed by atoms with E-state index in [-0.39, 0.29) is 0 Å². The van der Waals surface area contributed by atoms with Gasteiger partial charge in [-0.1, -0.05) is 19.4 Å². The molecule has 0 aliphatic carbocycles. The average molecular weight is 210 g/mol. The molecule has 14 heavy (non-hydrogen) atoms. The van der Waals surface area contributed by atoms with Crippen LogP contribution >= 0.6 is 11.8 Å². The summed E-state index contributed by atoms with van der Waals surface area (Å²) >= 11 is 1.83. The molecule has 3 heteroatoms. The van der Waals surface area contributed by atoms with E-state index in [9.17, 15) is 0 Å². The first-order valence-electron chi connectivity index (χ1n) is 5.14. The predicted molar refractivity (Wildman–Crippen MR) is 62.6 cm³/mol. The van der Waals surface area contributed by atoms with Crippen molar-refractivity contribution >= 4 is 11.8 Å². The SMILES string of the molecule is CCCCSc1ccc(CCN)cn1. The van der Waals surface area contributed by atoms with Crippen LogP contribution in [0.1, 0.15) is 25.3 Å². The van der Waals surface area contributed by atoms with E-state index in [0.717, 1.165) is 11.4 Å². The molecule has 78 valence electrons. The lowest BCUT2D eigenvalue weighted by molar-refractivity contribution is 0.893. The van der Waals surface area contributed by atoms with Crippen LogP contribution in [0.15, 0.2) is 23.4 Å². The van der Waals surface area contributed by atoms with Gasteiger partial charge in [0.25, 0.3) is 0 Å². The fraction of sp³-hybridized carbons (Fsp3) is 0.545. The molecule has 0 bridgehead atoms. The largest absolute Gasteiger partial charge is 0.330 e. The lowest BCUT2D eigenvalue weighted by Crippen LogP contribution is -2.02. The highest BCUT2D eigenvalue weighted by Crippen LogP contribution is 2.16. The molecule has 1 aromatic heterocycles. The Labute approximate surface area is 90.3 Å². The topological polar surface area (TPSA) is 38.9 Å². The van der Waals surface area contributed by atoms with Gasteiger partial charge in [0.1, 0.15) is 0 Å². The summed E-state index contributed by atoms with van der Waals surface area (Å²) in [7, 11) is 0. The van der Waals surface area contributed by atoms with E-state index in [0.29, 0.717) is 6.54 Å². The molecule has 0 amide bonds. The van der Waals surface area contributed by atoms with Crippen molar-refractivity contribution in [2.45, 2.75) is 31.2 Å². The third kappa shape index (κ3) is 4.11. The quantitative estimate of drug-likeness (QED) is 0.579. The van der Waals surface area contributed by atoms with Gasteiger partial charge in [-0.3, -0.25) is 0 Å². The molecule has 0 saturated carbocycles. The fourth-order valence-electron chi connectivity index (χ4n) is 1.13. The number of aromatic nitrogens is 1. The van der Waals surface area contributed by atoms with Gasteiger partial charge >= 0.3 is 0 Å². The molecule has 0 aromatic carbocycles. The molecule has 0 spiro atoms. The third-order valence-corrected chi connectivity index (χ3v) is 3.01. The van der Waals surface area contributed by atoms with E-state index in [1.165, 1.54) is 24.2 Å². The van der Waals surface area contributed by atoms with Crippen LogP contribution in [-0.4, -0.2) is 17.3 Å². The smallest absolute Gasteiger partial charge is 0.0960 e. The van der Waals surface area contributed by atoms with Gasteiger partial charge in [-0.2, -0.15) is 0 Å². The van der Waals surface area contributed by atoms with Crippen molar-refractivity contribution in [1.29, 1.82) is 0 Å². The van der Waals surface area contributed by atoms with Crippen molar-refractivity contribution in [3.8, 4) is 0 Å². The molecule has 0 saturated heterocycles. The van der Waals surface area contributed by atoms with Gasteiger partial charge in [0.05, 0.1) is 5.03 Å². The summed E-state index contributed by atoms with van der Waals surface area (Å²) in [6.45, 7) is 2.91. The Kier molecular flexibility index (Phi) is 5.64. The minimum Gasteiger partial charge on any atom is -0.330 e. The van der Waals surface area contributed by atoms with Crippen LogP contribution < -0.4 is 5.73 Å². The minimum atomic E-state index is 0.698. The summed E-state index contributed by atoms with van der Waals surface area (Å²) in [5.41, 5.74) is 6.69. The van der Waals surface area contributed by atoms with E-state index in [1.807, 2.05) is 18.0 Å². The Morgan fingerprint density at radius 1 is 1.43 bits per heavy atom.